The van der Waals surface area contributed by atoms with Crippen LogP contribution >= 0.6 is 11.3 Å². The van der Waals surface area contributed by atoms with E-state index in [1.807, 2.05) is 32.2 Å². The smallest absolute Gasteiger partial charge is 0.315 e. The Morgan fingerprint density at radius 2 is 1.97 bits per heavy atom. The molecule has 0 fully saturated rings. The predicted molar refractivity (Wildman–Crippen MR) is 120 cm³/mol. The van der Waals surface area contributed by atoms with Crippen molar-refractivity contribution in [3.05, 3.63) is 69.3 Å². The summed E-state index contributed by atoms with van der Waals surface area (Å²) in [4.78, 5) is 32.4. The maximum atomic E-state index is 13.6. The number of allylic oxidation sites excluding steroid dienone is 2. The Morgan fingerprint density at radius 3 is 2.61 bits per heavy atom. The molecule has 31 heavy (non-hydrogen) atoms. The molecule has 0 amide bonds. The lowest BCUT2D eigenvalue weighted by molar-refractivity contribution is -0.147. The topological polar surface area (TPSA) is 55.7 Å². The van der Waals surface area contributed by atoms with Crippen molar-refractivity contribution in [3.8, 4) is 0 Å². The number of benzene rings is 1. The largest absolute Gasteiger partial charge is 0.465 e. The maximum Gasteiger partial charge on any atom is 0.315 e. The first-order valence-electron chi connectivity index (χ1n) is 10.6. The molecule has 0 bridgehead atoms. The van der Waals surface area contributed by atoms with Crippen molar-refractivity contribution in [1.29, 1.82) is 0 Å². The fourth-order valence-corrected chi connectivity index (χ4v) is 5.29. The van der Waals surface area contributed by atoms with Crippen LogP contribution in [0.4, 0.5) is 4.39 Å². The summed E-state index contributed by atoms with van der Waals surface area (Å²) in [6.45, 7) is 6.07. The number of carbonyl (C=O) groups excluding carboxylic acids is 2. The van der Waals surface area contributed by atoms with Crippen molar-refractivity contribution >= 4 is 28.8 Å². The molecular weight excluding hydrogens is 413 g/mol. The van der Waals surface area contributed by atoms with Crippen LogP contribution in [-0.4, -0.2) is 24.1 Å². The van der Waals surface area contributed by atoms with Gasteiger partial charge in [-0.3, -0.25) is 14.6 Å². The van der Waals surface area contributed by atoms with Crippen molar-refractivity contribution in [1.82, 2.24) is 0 Å². The van der Waals surface area contributed by atoms with Gasteiger partial charge in [0.15, 0.2) is 5.78 Å². The summed E-state index contributed by atoms with van der Waals surface area (Å²) >= 11 is 1.65. The maximum absolute atomic E-state index is 13.6. The van der Waals surface area contributed by atoms with E-state index in [9.17, 15) is 14.0 Å². The number of hydrogen-bond acceptors (Lipinski definition) is 5. The number of ketones is 1. The van der Waals surface area contributed by atoms with Crippen molar-refractivity contribution in [2.45, 2.75) is 45.4 Å². The number of rotatable bonds is 5. The number of thiophene rings is 1. The van der Waals surface area contributed by atoms with Crippen LogP contribution < -0.4 is 0 Å². The lowest BCUT2D eigenvalue weighted by Crippen LogP contribution is -2.38. The van der Waals surface area contributed by atoms with E-state index >= 15 is 0 Å². The molecule has 2 aliphatic rings. The van der Waals surface area contributed by atoms with Gasteiger partial charge in [0.2, 0.25) is 0 Å². The van der Waals surface area contributed by atoms with Crippen LogP contribution in [0.5, 0.6) is 0 Å². The molecule has 4 nitrogen and oxygen atoms in total. The van der Waals surface area contributed by atoms with E-state index in [1.54, 1.807) is 23.5 Å². The summed E-state index contributed by atoms with van der Waals surface area (Å²) in [6.07, 6.45) is 1.05. The highest BCUT2D eigenvalue weighted by Gasteiger charge is 2.44. The summed E-state index contributed by atoms with van der Waals surface area (Å²) < 4.78 is 19.2. The Hall–Kier alpha value is -2.60. The van der Waals surface area contributed by atoms with E-state index in [-0.39, 0.29) is 29.4 Å². The number of hydrogen-bond donors (Lipinski definition) is 0. The number of nitrogens with zero attached hydrogens (tertiary/aromatic N) is 1. The molecule has 162 valence electrons. The monoisotopic (exact) mass is 439 g/mol. The number of carbonyl (C=O) groups is 2. The molecule has 0 spiro atoms. The Bertz CT molecular complexity index is 1040. The molecule has 0 radical (unpaired) electrons. The first kappa shape index (κ1) is 21.6. The van der Waals surface area contributed by atoms with Gasteiger partial charge in [-0.1, -0.05) is 32.0 Å². The van der Waals surface area contributed by atoms with Gasteiger partial charge in [-0.25, -0.2) is 4.39 Å². The molecule has 3 atom stereocenters. The van der Waals surface area contributed by atoms with Crippen molar-refractivity contribution in [3.63, 3.8) is 0 Å². The minimum Gasteiger partial charge on any atom is -0.465 e. The van der Waals surface area contributed by atoms with Crippen LogP contribution in [0.25, 0.3) is 0 Å². The Balaban J connectivity index is 1.76. The third kappa shape index (κ3) is 4.40. The summed E-state index contributed by atoms with van der Waals surface area (Å²) in [7, 11) is 0. The average Bonchev–Trinajstić information content (AvgIpc) is 3.26. The van der Waals surface area contributed by atoms with E-state index in [2.05, 4.69) is 6.07 Å². The van der Waals surface area contributed by atoms with Crippen molar-refractivity contribution < 1.29 is 18.7 Å². The first-order chi connectivity index (χ1) is 14.8. The predicted octanol–water partition coefficient (Wildman–Crippen LogP) is 5.66. The molecule has 1 aliphatic carbocycles. The quantitative estimate of drug-likeness (QED) is 0.565. The third-order valence-corrected chi connectivity index (χ3v) is 6.91. The highest BCUT2D eigenvalue weighted by Crippen LogP contribution is 2.47. The molecule has 2 aromatic rings. The van der Waals surface area contributed by atoms with Gasteiger partial charge in [0.25, 0.3) is 0 Å². The van der Waals surface area contributed by atoms with E-state index in [1.165, 1.54) is 17.0 Å². The summed E-state index contributed by atoms with van der Waals surface area (Å²) in [5, 5.41) is 2.02. The van der Waals surface area contributed by atoms with Crippen LogP contribution in [0.1, 0.15) is 55.9 Å². The number of aliphatic imine (C=N–C) groups is 1. The van der Waals surface area contributed by atoms with Gasteiger partial charge in [-0.15, -0.1) is 11.3 Å². The van der Waals surface area contributed by atoms with Crippen molar-refractivity contribution in [2.75, 3.05) is 6.61 Å². The molecule has 1 aliphatic heterocycles. The standard InChI is InChI=1S/C25H26FNO3S/c1-14(2)13-30-25(29)22-15(3)27-19-11-17(21-5-4-10-31-21)12-20(28)24(19)23(22)16-6-8-18(26)9-7-16/h4-10,14,17,22-23H,11-13H2,1-3H3. The van der Waals surface area contributed by atoms with Gasteiger partial charge in [0.1, 0.15) is 11.7 Å². The molecule has 3 unspecified atom stereocenters. The number of ether oxygens (including phenoxy) is 1. The zero-order chi connectivity index (χ0) is 22.1. The van der Waals surface area contributed by atoms with Gasteiger partial charge in [-0.05, 0) is 48.4 Å². The van der Waals surface area contributed by atoms with E-state index in [4.69, 9.17) is 9.73 Å². The lowest BCUT2D eigenvalue weighted by Gasteiger charge is -2.36. The Labute approximate surface area is 185 Å². The molecule has 1 aromatic heterocycles. The van der Waals surface area contributed by atoms with E-state index < -0.39 is 11.8 Å². The molecule has 0 saturated heterocycles. The number of esters is 1. The minimum atomic E-state index is -0.690. The van der Waals surface area contributed by atoms with Gasteiger partial charge >= 0.3 is 5.97 Å². The van der Waals surface area contributed by atoms with Gasteiger partial charge in [0.05, 0.1) is 6.61 Å². The van der Waals surface area contributed by atoms with E-state index in [0.717, 1.165) is 11.3 Å². The second-order valence-electron chi connectivity index (χ2n) is 8.69. The second-order valence-corrected chi connectivity index (χ2v) is 9.67. The Morgan fingerprint density at radius 1 is 1.23 bits per heavy atom. The van der Waals surface area contributed by atoms with Gasteiger partial charge in [-0.2, -0.15) is 0 Å². The first-order valence-corrected chi connectivity index (χ1v) is 11.5. The third-order valence-electron chi connectivity index (χ3n) is 5.88. The summed E-state index contributed by atoms with van der Waals surface area (Å²) in [5.74, 6) is -1.63. The fourth-order valence-electron chi connectivity index (χ4n) is 4.46. The lowest BCUT2D eigenvalue weighted by atomic mass is 9.70. The molecule has 4 rings (SSSR count). The van der Waals surface area contributed by atoms with Crippen LogP contribution in [0.2, 0.25) is 0 Å². The molecule has 1 aromatic carbocycles. The van der Waals surface area contributed by atoms with Crippen LogP contribution in [0.15, 0.2) is 58.0 Å². The minimum absolute atomic E-state index is 0.00637. The molecule has 6 heteroatoms. The molecule has 0 saturated carbocycles. The average molecular weight is 440 g/mol. The second kappa shape index (κ2) is 8.87. The normalized spacial score (nSPS) is 23.6. The van der Waals surface area contributed by atoms with E-state index in [0.29, 0.717) is 30.7 Å². The van der Waals surface area contributed by atoms with Gasteiger partial charge < -0.3 is 4.74 Å². The SMILES string of the molecule is CC1=NC2=C(C(=O)CC(c3cccs3)C2)C(c2ccc(F)cc2)C1C(=O)OCC(C)C. The highest BCUT2D eigenvalue weighted by atomic mass is 32.1. The zero-order valence-corrected chi connectivity index (χ0v) is 18.7. The highest BCUT2D eigenvalue weighted by molar-refractivity contribution is 7.10. The zero-order valence-electron chi connectivity index (χ0n) is 17.9. The molecule has 2 heterocycles. The molecular formula is C25H26FNO3S. The van der Waals surface area contributed by atoms with Crippen LogP contribution in [0, 0.1) is 17.7 Å². The number of halogens is 1. The van der Waals surface area contributed by atoms with Crippen LogP contribution in [0.3, 0.4) is 0 Å². The summed E-state index contributed by atoms with van der Waals surface area (Å²) in [6, 6.07) is 10.1. The Kier molecular flexibility index (Phi) is 6.19. The van der Waals surface area contributed by atoms with Crippen LogP contribution in [-0.2, 0) is 14.3 Å². The number of Topliss-reactive ketones (excluding diaryl/α,β-unsaturated/α-hetero) is 1. The fraction of sp³-hybridized carbons (Fsp3) is 0.400. The molecule has 0 N–H and O–H groups in total. The van der Waals surface area contributed by atoms with Crippen molar-refractivity contribution in [2.24, 2.45) is 16.8 Å². The summed E-state index contributed by atoms with van der Waals surface area (Å²) in [5.41, 5.74) is 2.70. The van der Waals surface area contributed by atoms with Gasteiger partial charge in [0, 0.05) is 40.1 Å².